The Labute approximate surface area is 161 Å². The van der Waals surface area contributed by atoms with Crippen molar-refractivity contribution in [1.29, 1.82) is 0 Å². The lowest BCUT2D eigenvalue weighted by Gasteiger charge is -2.34. The number of nitrogens with one attached hydrogen (secondary N) is 1. The van der Waals surface area contributed by atoms with Crippen molar-refractivity contribution in [2.45, 2.75) is 20.3 Å². The molecule has 0 bridgehead atoms. The van der Waals surface area contributed by atoms with Crippen molar-refractivity contribution >= 4 is 34.4 Å². The summed E-state index contributed by atoms with van der Waals surface area (Å²) in [5.41, 5.74) is 9.52. The van der Waals surface area contributed by atoms with Crippen molar-refractivity contribution in [1.82, 2.24) is 25.1 Å². The number of carbonyl (C=O) groups is 2. The monoisotopic (exact) mass is 379 g/mol. The molecule has 0 atom stereocenters. The maximum Gasteiger partial charge on any atom is 0.246 e. The number of amides is 2. The molecule has 3 N–H and O–H groups in total. The fourth-order valence-electron chi connectivity index (χ4n) is 3.54. The van der Waals surface area contributed by atoms with Crippen molar-refractivity contribution < 1.29 is 9.59 Å². The number of benzene rings is 1. The van der Waals surface area contributed by atoms with Crippen LogP contribution in [0.5, 0.6) is 0 Å². The topological polar surface area (TPSA) is 121 Å². The molecule has 1 aromatic carbocycles. The van der Waals surface area contributed by atoms with E-state index in [2.05, 4.69) is 20.2 Å². The minimum absolute atomic E-state index is 0.0518. The van der Waals surface area contributed by atoms with Gasteiger partial charge in [0.05, 0.1) is 18.1 Å². The molecule has 0 unspecified atom stereocenters. The summed E-state index contributed by atoms with van der Waals surface area (Å²) < 4.78 is 0. The Hall–Kier alpha value is -3.49. The van der Waals surface area contributed by atoms with Crippen molar-refractivity contribution in [3.8, 4) is 0 Å². The van der Waals surface area contributed by atoms with Gasteiger partial charge in [-0.1, -0.05) is 0 Å². The zero-order valence-electron chi connectivity index (χ0n) is 15.8. The molecule has 2 aromatic heterocycles. The van der Waals surface area contributed by atoms with Crippen LogP contribution >= 0.6 is 0 Å². The number of nitrogens with zero attached hydrogens (tertiary/aromatic N) is 5. The Morgan fingerprint density at radius 1 is 1.21 bits per heavy atom. The Morgan fingerprint density at radius 2 is 1.96 bits per heavy atom. The Balaban J connectivity index is 1.46. The summed E-state index contributed by atoms with van der Waals surface area (Å²) in [6, 6.07) is 5.70. The highest BCUT2D eigenvalue weighted by Crippen LogP contribution is 2.23. The number of hydrogen-bond donors (Lipinski definition) is 2. The average Bonchev–Trinajstić information content (AvgIpc) is 3.12. The van der Waals surface area contributed by atoms with Crippen LogP contribution in [0, 0.1) is 13.8 Å². The average molecular weight is 379 g/mol. The zero-order valence-corrected chi connectivity index (χ0v) is 15.8. The molecule has 9 nitrogen and oxygen atoms in total. The second-order valence-electron chi connectivity index (χ2n) is 6.91. The van der Waals surface area contributed by atoms with E-state index in [4.69, 9.17) is 5.73 Å². The van der Waals surface area contributed by atoms with E-state index in [0.717, 1.165) is 22.2 Å². The number of rotatable bonds is 3. The number of hydrogen-bond acceptors (Lipinski definition) is 6. The van der Waals surface area contributed by atoms with Gasteiger partial charge in [0.1, 0.15) is 6.54 Å². The lowest BCUT2D eigenvalue weighted by molar-refractivity contribution is -0.136. The van der Waals surface area contributed by atoms with Gasteiger partial charge in [0.25, 0.3) is 0 Å². The number of aromatic amines is 1. The molecule has 144 valence electrons. The molecule has 1 aliphatic rings. The van der Waals surface area contributed by atoms with Gasteiger partial charge in [-0.15, -0.1) is 0 Å². The molecule has 0 spiro atoms. The third-order valence-electron chi connectivity index (χ3n) is 5.07. The number of fused-ring (bicyclic) bond motifs is 1. The van der Waals surface area contributed by atoms with Gasteiger partial charge in [-0.2, -0.15) is 5.10 Å². The van der Waals surface area contributed by atoms with E-state index in [-0.39, 0.29) is 30.7 Å². The van der Waals surface area contributed by atoms with Crippen molar-refractivity contribution in [2.24, 2.45) is 0 Å². The van der Waals surface area contributed by atoms with Gasteiger partial charge in [0.15, 0.2) is 0 Å². The Morgan fingerprint density at radius 3 is 2.68 bits per heavy atom. The highest BCUT2D eigenvalue weighted by molar-refractivity contribution is 5.99. The fraction of sp³-hybridized carbons (Fsp3) is 0.316. The lowest BCUT2D eigenvalue weighted by Crippen LogP contribution is -2.52. The molecular formula is C19H21N7O2. The van der Waals surface area contributed by atoms with Gasteiger partial charge in [-0.05, 0) is 32.0 Å². The smallest absolute Gasteiger partial charge is 0.246 e. The molecule has 1 saturated heterocycles. The van der Waals surface area contributed by atoms with Crippen LogP contribution < -0.4 is 10.6 Å². The van der Waals surface area contributed by atoms with Gasteiger partial charge in [-0.3, -0.25) is 14.7 Å². The summed E-state index contributed by atoms with van der Waals surface area (Å²) in [6.45, 7) is 4.59. The third kappa shape index (κ3) is 3.26. The highest BCUT2D eigenvalue weighted by atomic mass is 16.2. The summed E-state index contributed by atoms with van der Waals surface area (Å²) in [7, 11) is 0. The molecule has 0 radical (unpaired) electrons. The lowest BCUT2D eigenvalue weighted by atomic mass is 10.1. The van der Waals surface area contributed by atoms with Gasteiger partial charge in [0.2, 0.25) is 17.8 Å². The van der Waals surface area contributed by atoms with Gasteiger partial charge in [0, 0.05) is 41.1 Å². The molecule has 4 rings (SSSR count). The normalized spacial score (nSPS) is 14.7. The van der Waals surface area contributed by atoms with Crippen LogP contribution in [0.4, 0.5) is 11.6 Å². The largest absolute Gasteiger partial charge is 0.368 e. The Kier molecular flexibility index (Phi) is 4.42. The second-order valence-corrected chi connectivity index (χ2v) is 6.91. The van der Waals surface area contributed by atoms with Crippen molar-refractivity contribution in [3.05, 3.63) is 41.3 Å². The maximum absolute atomic E-state index is 12.7. The summed E-state index contributed by atoms with van der Waals surface area (Å²) >= 11 is 0. The molecule has 1 aliphatic heterocycles. The van der Waals surface area contributed by atoms with Crippen LogP contribution in [-0.2, 0) is 16.0 Å². The first-order valence-electron chi connectivity index (χ1n) is 9.03. The molecule has 28 heavy (non-hydrogen) atoms. The minimum atomic E-state index is -0.113. The number of carbonyl (C=O) groups excluding carboxylic acids is 2. The highest BCUT2D eigenvalue weighted by Gasteiger charge is 2.28. The molecule has 3 heterocycles. The summed E-state index contributed by atoms with van der Waals surface area (Å²) in [6.07, 6.45) is 1.88. The van der Waals surface area contributed by atoms with E-state index in [1.54, 1.807) is 16.0 Å². The number of nitrogen functional groups attached to an aromatic ring is 1. The molecule has 9 heteroatoms. The predicted octanol–water partition coefficient (Wildman–Crippen LogP) is 0.970. The number of H-pyrrole nitrogens is 1. The van der Waals surface area contributed by atoms with Crippen LogP contribution in [0.2, 0.25) is 0 Å². The van der Waals surface area contributed by atoms with E-state index in [9.17, 15) is 9.59 Å². The number of nitrogens with two attached hydrogens (primary N) is 1. The SMILES string of the molecule is Cc1nc(N)nc(C)c1CC(=O)N1CCN(c2ccc3[nH]ncc3c2)C(=O)C1. The van der Waals surface area contributed by atoms with E-state index < -0.39 is 0 Å². The molecule has 2 amide bonds. The van der Waals surface area contributed by atoms with Crippen LogP contribution in [0.15, 0.2) is 24.4 Å². The first-order chi connectivity index (χ1) is 13.4. The molecule has 0 saturated carbocycles. The second kappa shape index (κ2) is 6.91. The van der Waals surface area contributed by atoms with E-state index in [1.807, 2.05) is 32.0 Å². The van der Waals surface area contributed by atoms with E-state index in [1.165, 1.54) is 0 Å². The number of aromatic nitrogens is 4. The molecule has 0 aliphatic carbocycles. The fourth-order valence-corrected chi connectivity index (χ4v) is 3.54. The number of piperazine rings is 1. The summed E-state index contributed by atoms with van der Waals surface area (Å²) in [5, 5.41) is 7.84. The quantitative estimate of drug-likeness (QED) is 0.699. The van der Waals surface area contributed by atoms with Gasteiger partial charge < -0.3 is 15.5 Å². The van der Waals surface area contributed by atoms with Crippen LogP contribution in [0.3, 0.4) is 0 Å². The predicted molar refractivity (Wildman–Crippen MR) is 105 cm³/mol. The standard InChI is InChI=1S/C19H21N7O2/c1-11-15(12(2)23-19(20)22-11)8-17(27)25-5-6-26(18(28)10-25)14-3-4-16-13(7-14)9-21-24-16/h3-4,7,9H,5-6,8,10H2,1-2H3,(H,21,24)(H2,20,22,23). The van der Waals surface area contributed by atoms with Crippen LogP contribution in [0.25, 0.3) is 10.9 Å². The van der Waals surface area contributed by atoms with E-state index in [0.29, 0.717) is 24.5 Å². The maximum atomic E-state index is 12.7. The Bertz CT molecular complexity index is 1050. The number of anilines is 2. The van der Waals surface area contributed by atoms with Crippen molar-refractivity contribution in [3.63, 3.8) is 0 Å². The summed E-state index contributed by atoms with van der Waals surface area (Å²) in [5.74, 6) is -0.0214. The van der Waals surface area contributed by atoms with Gasteiger partial charge in [-0.25, -0.2) is 9.97 Å². The zero-order chi connectivity index (χ0) is 19.8. The number of aryl methyl sites for hydroxylation is 2. The third-order valence-corrected chi connectivity index (χ3v) is 5.07. The van der Waals surface area contributed by atoms with E-state index >= 15 is 0 Å². The first kappa shape index (κ1) is 17.9. The summed E-state index contributed by atoms with van der Waals surface area (Å²) in [4.78, 5) is 37.0. The first-order valence-corrected chi connectivity index (χ1v) is 9.03. The van der Waals surface area contributed by atoms with Crippen LogP contribution in [0.1, 0.15) is 17.0 Å². The molecule has 1 fully saturated rings. The molecule has 3 aromatic rings. The van der Waals surface area contributed by atoms with Gasteiger partial charge >= 0.3 is 0 Å². The van der Waals surface area contributed by atoms with Crippen molar-refractivity contribution in [2.75, 3.05) is 30.3 Å². The molecular weight excluding hydrogens is 358 g/mol. The van der Waals surface area contributed by atoms with Crippen LogP contribution in [-0.4, -0.2) is 56.5 Å². The minimum Gasteiger partial charge on any atom is -0.368 e.